The number of hydrogen-bond donors (Lipinski definition) is 1. The molecule has 0 fully saturated rings. The molecule has 0 spiro atoms. The van der Waals surface area contributed by atoms with Gasteiger partial charge in [-0.25, -0.2) is 0 Å². The third kappa shape index (κ3) is 4.03. The number of Topliss-reactive ketones (excluding diaryl/α,β-unsaturated/α-hetero) is 1. The highest BCUT2D eigenvalue weighted by Gasteiger charge is 2.14. The average Bonchev–Trinajstić information content (AvgIpc) is 2.43. The van der Waals surface area contributed by atoms with Crippen molar-refractivity contribution in [2.75, 3.05) is 7.05 Å². The molecule has 0 radical (unpaired) electrons. The normalized spacial score (nSPS) is 10.9. The summed E-state index contributed by atoms with van der Waals surface area (Å²) in [6.07, 6.45) is 1.74. The van der Waals surface area contributed by atoms with E-state index in [2.05, 4.69) is 4.98 Å². The molecular formula is C16H17ClN2O2. The second-order valence-electron chi connectivity index (χ2n) is 5.01. The van der Waals surface area contributed by atoms with Crippen LogP contribution in [0.1, 0.15) is 28.5 Å². The minimum atomic E-state index is -0.205. The van der Waals surface area contributed by atoms with E-state index in [1.807, 2.05) is 30.1 Å². The van der Waals surface area contributed by atoms with Crippen molar-refractivity contribution in [3.63, 3.8) is 0 Å². The fraction of sp³-hybridized carbons (Fsp3) is 0.250. The fourth-order valence-corrected chi connectivity index (χ4v) is 2.40. The first kappa shape index (κ1) is 15.5. The van der Waals surface area contributed by atoms with Gasteiger partial charge in [-0.15, -0.1) is 0 Å². The topological polar surface area (TPSA) is 53.4 Å². The van der Waals surface area contributed by atoms with Crippen LogP contribution in [0.5, 0.6) is 5.75 Å². The molecule has 2 rings (SSSR count). The van der Waals surface area contributed by atoms with E-state index in [9.17, 15) is 9.90 Å². The second kappa shape index (κ2) is 6.70. The molecule has 21 heavy (non-hydrogen) atoms. The van der Waals surface area contributed by atoms with Crippen molar-refractivity contribution < 1.29 is 9.90 Å². The van der Waals surface area contributed by atoms with Gasteiger partial charge in [-0.2, -0.15) is 0 Å². The van der Waals surface area contributed by atoms with Gasteiger partial charge < -0.3 is 5.11 Å². The molecule has 0 saturated heterocycles. The van der Waals surface area contributed by atoms with E-state index in [1.165, 1.54) is 13.0 Å². The lowest BCUT2D eigenvalue weighted by Gasteiger charge is -2.18. The number of rotatable bonds is 5. The van der Waals surface area contributed by atoms with Gasteiger partial charge in [-0.05, 0) is 38.2 Å². The zero-order chi connectivity index (χ0) is 15.4. The lowest BCUT2D eigenvalue weighted by molar-refractivity contribution is 0.101. The summed E-state index contributed by atoms with van der Waals surface area (Å²) >= 11 is 6.02. The molecule has 1 N–H and O–H groups in total. The van der Waals surface area contributed by atoms with Crippen molar-refractivity contribution in [1.29, 1.82) is 0 Å². The molecule has 0 aliphatic rings. The summed E-state index contributed by atoms with van der Waals surface area (Å²) in [6.45, 7) is 2.53. The molecule has 110 valence electrons. The predicted molar refractivity (Wildman–Crippen MR) is 82.5 cm³/mol. The van der Waals surface area contributed by atoms with Crippen molar-refractivity contribution in [3.8, 4) is 5.75 Å². The SMILES string of the molecule is CC(=O)c1cc(Cl)cc(CN(C)Cc2ccccn2)c1O. The summed E-state index contributed by atoms with van der Waals surface area (Å²) in [6, 6.07) is 8.90. The average molecular weight is 305 g/mol. The minimum absolute atomic E-state index is 0.000212. The predicted octanol–water partition coefficient (Wildman–Crippen LogP) is 3.28. The Morgan fingerprint density at radius 2 is 2.10 bits per heavy atom. The van der Waals surface area contributed by atoms with Crippen LogP contribution in [0.25, 0.3) is 0 Å². The molecule has 0 bridgehead atoms. The highest BCUT2D eigenvalue weighted by molar-refractivity contribution is 6.31. The molecule has 0 saturated carbocycles. The zero-order valence-corrected chi connectivity index (χ0v) is 12.8. The first-order chi connectivity index (χ1) is 9.97. The van der Waals surface area contributed by atoms with E-state index in [4.69, 9.17) is 11.6 Å². The molecule has 2 aromatic rings. The molecule has 1 aromatic heterocycles. The Kier molecular flexibility index (Phi) is 4.94. The first-order valence-corrected chi connectivity index (χ1v) is 6.96. The Balaban J connectivity index is 2.17. The van der Waals surface area contributed by atoms with Crippen LogP contribution >= 0.6 is 11.6 Å². The van der Waals surface area contributed by atoms with Crippen LogP contribution in [0, 0.1) is 0 Å². The molecule has 0 atom stereocenters. The highest BCUT2D eigenvalue weighted by Crippen LogP contribution is 2.28. The van der Waals surface area contributed by atoms with E-state index in [0.717, 1.165) is 5.69 Å². The number of carbonyl (C=O) groups is 1. The lowest BCUT2D eigenvalue weighted by Crippen LogP contribution is -2.18. The molecule has 0 aliphatic heterocycles. The molecule has 0 unspecified atom stereocenters. The molecule has 1 aromatic carbocycles. The van der Waals surface area contributed by atoms with Gasteiger partial charge >= 0.3 is 0 Å². The number of phenols is 1. The van der Waals surface area contributed by atoms with Crippen molar-refractivity contribution in [2.24, 2.45) is 0 Å². The van der Waals surface area contributed by atoms with Crippen LogP contribution in [-0.4, -0.2) is 27.8 Å². The Morgan fingerprint density at radius 3 is 2.71 bits per heavy atom. The maximum absolute atomic E-state index is 11.5. The minimum Gasteiger partial charge on any atom is -0.507 e. The number of aromatic hydroxyl groups is 1. The maximum atomic E-state index is 11.5. The van der Waals surface area contributed by atoms with Gasteiger partial charge in [0.15, 0.2) is 5.78 Å². The maximum Gasteiger partial charge on any atom is 0.163 e. The Hall–Kier alpha value is -1.91. The number of pyridine rings is 1. The summed E-state index contributed by atoms with van der Waals surface area (Å²) in [7, 11) is 1.92. The van der Waals surface area contributed by atoms with Gasteiger partial charge in [-0.3, -0.25) is 14.7 Å². The van der Waals surface area contributed by atoms with Crippen molar-refractivity contribution in [2.45, 2.75) is 20.0 Å². The number of carbonyl (C=O) groups excluding carboxylic acids is 1. The standard InChI is InChI=1S/C16H17ClN2O2/c1-11(20)15-8-13(17)7-12(16(15)21)9-19(2)10-14-5-3-4-6-18-14/h3-8,21H,9-10H2,1-2H3. The third-order valence-corrected chi connectivity index (χ3v) is 3.35. The van der Waals surface area contributed by atoms with Gasteiger partial charge in [-0.1, -0.05) is 17.7 Å². The summed E-state index contributed by atoms with van der Waals surface area (Å²) in [5, 5.41) is 10.6. The van der Waals surface area contributed by atoms with E-state index in [1.54, 1.807) is 12.3 Å². The number of ketones is 1. The number of halogens is 1. The fourth-order valence-electron chi connectivity index (χ4n) is 2.16. The summed E-state index contributed by atoms with van der Waals surface area (Å²) in [5.74, 6) is -0.205. The summed E-state index contributed by atoms with van der Waals surface area (Å²) < 4.78 is 0. The van der Waals surface area contributed by atoms with Gasteiger partial charge in [0.1, 0.15) is 5.75 Å². The highest BCUT2D eigenvalue weighted by atomic mass is 35.5. The zero-order valence-electron chi connectivity index (χ0n) is 12.0. The second-order valence-corrected chi connectivity index (χ2v) is 5.45. The number of phenolic OH excluding ortho intramolecular Hbond substituents is 1. The molecule has 1 heterocycles. The van der Waals surface area contributed by atoms with E-state index in [0.29, 0.717) is 23.7 Å². The monoisotopic (exact) mass is 304 g/mol. The van der Waals surface area contributed by atoms with E-state index in [-0.39, 0.29) is 17.1 Å². The van der Waals surface area contributed by atoms with Gasteiger partial charge in [0.05, 0.1) is 11.3 Å². The first-order valence-electron chi connectivity index (χ1n) is 6.58. The van der Waals surface area contributed by atoms with Crippen LogP contribution in [0.15, 0.2) is 36.5 Å². The van der Waals surface area contributed by atoms with Crippen LogP contribution in [0.4, 0.5) is 0 Å². The smallest absolute Gasteiger partial charge is 0.163 e. The van der Waals surface area contributed by atoms with E-state index >= 15 is 0 Å². The Labute approximate surface area is 129 Å². The van der Waals surface area contributed by atoms with Gasteiger partial charge in [0, 0.05) is 29.9 Å². The summed E-state index contributed by atoms with van der Waals surface area (Å²) in [5.41, 5.74) is 1.82. The molecule has 0 aliphatic carbocycles. The molecule has 4 nitrogen and oxygen atoms in total. The summed E-state index contributed by atoms with van der Waals surface area (Å²) in [4.78, 5) is 17.8. The number of benzene rings is 1. The molecular weight excluding hydrogens is 288 g/mol. The van der Waals surface area contributed by atoms with Gasteiger partial charge in [0.25, 0.3) is 0 Å². The number of hydrogen-bond acceptors (Lipinski definition) is 4. The van der Waals surface area contributed by atoms with Gasteiger partial charge in [0.2, 0.25) is 0 Å². The van der Waals surface area contributed by atoms with Crippen LogP contribution in [-0.2, 0) is 13.1 Å². The number of aromatic nitrogens is 1. The Bertz CT molecular complexity index is 644. The van der Waals surface area contributed by atoms with Crippen molar-refractivity contribution in [3.05, 3.63) is 58.4 Å². The van der Waals surface area contributed by atoms with Crippen LogP contribution < -0.4 is 0 Å². The third-order valence-electron chi connectivity index (χ3n) is 3.13. The molecule has 5 heteroatoms. The van der Waals surface area contributed by atoms with Crippen molar-refractivity contribution in [1.82, 2.24) is 9.88 Å². The lowest BCUT2D eigenvalue weighted by atomic mass is 10.1. The Morgan fingerprint density at radius 1 is 1.33 bits per heavy atom. The molecule has 0 amide bonds. The van der Waals surface area contributed by atoms with E-state index < -0.39 is 0 Å². The number of nitrogens with zero attached hydrogens (tertiary/aromatic N) is 2. The largest absolute Gasteiger partial charge is 0.507 e. The van der Waals surface area contributed by atoms with Crippen molar-refractivity contribution >= 4 is 17.4 Å². The quantitative estimate of drug-likeness (QED) is 0.861. The van der Waals surface area contributed by atoms with Crippen LogP contribution in [0.2, 0.25) is 5.02 Å². The van der Waals surface area contributed by atoms with Crippen LogP contribution in [0.3, 0.4) is 0 Å².